The molecular weight excluding hydrogens is 146 g/mol. The summed E-state index contributed by atoms with van der Waals surface area (Å²) in [4.78, 5) is 1.19. The van der Waals surface area contributed by atoms with Gasteiger partial charge in [0, 0.05) is 4.88 Å². The average Bonchev–Trinajstić information content (AvgIpc) is 2.43. The highest BCUT2D eigenvalue weighted by atomic mass is 32.1. The molecule has 3 heteroatoms. The molecule has 1 aromatic rings. The van der Waals surface area contributed by atoms with E-state index >= 15 is 0 Å². The molecule has 1 aromatic heterocycles. The Morgan fingerprint density at radius 2 is 2.60 bits per heavy atom. The summed E-state index contributed by atoms with van der Waals surface area (Å²) < 4.78 is 0. The monoisotopic (exact) mass is 157 g/mol. The summed E-state index contributed by atoms with van der Waals surface area (Å²) in [6, 6.07) is 4.11. The average molecular weight is 157 g/mol. The van der Waals surface area contributed by atoms with Crippen LogP contribution in [0.15, 0.2) is 17.5 Å². The number of hydrogen-bond acceptors (Lipinski definition) is 3. The van der Waals surface area contributed by atoms with Gasteiger partial charge in [0.05, 0.1) is 6.04 Å². The van der Waals surface area contributed by atoms with Gasteiger partial charge in [-0.05, 0) is 17.9 Å². The minimum absolute atomic E-state index is 0.111. The van der Waals surface area contributed by atoms with Crippen LogP contribution in [0.1, 0.15) is 24.3 Å². The highest BCUT2D eigenvalue weighted by molar-refractivity contribution is 7.10. The van der Waals surface area contributed by atoms with Crippen molar-refractivity contribution in [2.75, 3.05) is 0 Å². The molecule has 0 radical (unpaired) electrons. The molecule has 56 valence electrons. The van der Waals surface area contributed by atoms with E-state index < -0.39 is 0 Å². The van der Waals surface area contributed by atoms with Crippen LogP contribution in [-0.2, 0) is 0 Å². The molecule has 0 spiro atoms. The van der Waals surface area contributed by atoms with Crippen LogP contribution in [0.25, 0.3) is 0 Å². The maximum absolute atomic E-state index is 8.65. The molecule has 1 rings (SSSR count). The van der Waals surface area contributed by atoms with E-state index in [-0.39, 0.29) is 6.04 Å². The van der Waals surface area contributed by atoms with Gasteiger partial charge in [-0.2, -0.15) is 5.48 Å². The Balaban J connectivity index is 2.64. The summed E-state index contributed by atoms with van der Waals surface area (Å²) in [5, 5.41) is 10.7. The van der Waals surface area contributed by atoms with Gasteiger partial charge in [0.15, 0.2) is 0 Å². The second-order valence-corrected chi connectivity index (χ2v) is 3.08. The molecule has 1 atom stereocenters. The Labute approximate surface area is 64.5 Å². The SMILES string of the molecule is CC[C@@H](NO)c1cccs1. The second kappa shape index (κ2) is 3.71. The first-order valence-corrected chi connectivity index (χ1v) is 4.19. The van der Waals surface area contributed by atoms with Crippen LogP contribution in [0.3, 0.4) is 0 Å². The van der Waals surface area contributed by atoms with Gasteiger partial charge in [-0.3, -0.25) is 0 Å². The normalized spacial score (nSPS) is 13.4. The maximum atomic E-state index is 8.65. The van der Waals surface area contributed by atoms with Crippen LogP contribution < -0.4 is 5.48 Å². The van der Waals surface area contributed by atoms with Crippen LogP contribution in [0, 0.1) is 0 Å². The Morgan fingerprint density at radius 3 is 3.00 bits per heavy atom. The number of hydrogen-bond donors (Lipinski definition) is 2. The van der Waals surface area contributed by atoms with Crippen molar-refractivity contribution in [1.82, 2.24) is 5.48 Å². The van der Waals surface area contributed by atoms with E-state index in [0.717, 1.165) is 6.42 Å². The molecule has 0 saturated carbocycles. The van der Waals surface area contributed by atoms with Crippen LogP contribution >= 0.6 is 11.3 Å². The topological polar surface area (TPSA) is 32.3 Å². The third-order valence-corrected chi connectivity index (χ3v) is 2.44. The van der Waals surface area contributed by atoms with E-state index in [1.807, 2.05) is 24.4 Å². The summed E-state index contributed by atoms with van der Waals surface area (Å²) >= 11 is 1.66. The van der Waals surface area contributed by atoms with Crippen molar-refractivity contribution in [2.24, 2.45) is 0 Å². The van der Waals surface area contributed by atoms with Crippen molar-refractivity contribution < 1.29 is 5.21 Å². The van der Waals surface area contributed by atoms with E-state index in [4.69, 9.17) is 5.21 Å². The quantitative estimate of drug-likeness (QED) is 0.659. The first kappa shape index (κ1) is 7.72. The Kier molecular flexibility index (Phi) is 2.86. The fourth-order valence-electron chi connectivity index (χ4n) is 0.846. The third-order valence-electron chi connectivity index (χ3n) is 1.45. The summed E-state index contributed by atoms with van der Waals surface area (Å²) in [6.07, 6.45) is 0.914. The van der Waals surface area contributed by atoms with Crippen LogP contribution in [0.5, 0.6) is 0 Å². The molecule has 0 aliphatic heterocycles. The second-order valence-electron chi connectivity index (χ2n) is 2.11. The van der Waals surface area contributed by atoms with Gasteiger partial charge in [-0.1, -0.05) is 13.0 Å². The summed E-state index contributed by atoms with van der Waals surface area (Å²) in [5.41, 5.74) is 2.26. The Bertz CT molecular complexity index is 170. The molecule has 0 unspecified atom stereocenters. The molecule has 0 saturated heterocycles. The van der Waals surface area contributed by atoms with Crippen molar-refractivity contribution in [2.45, 2.75) is 19.4 Å². The van der Waals surface area contributed by atoms with Crippen LogP contribution in [0.2, 0.25) is 0 Å². The zero-order valence-electron chi connectivity index (χ0n) is 5.87. The lowest BCUT2D eigenvalue weighted by Gasteiger charge is -2.08. The first-order valence-electron chi connectivity index (χ1n) is 3.31. The fourth-order valence-corrected chi connectivity index (χ4v) is 1.70. The molecule has 0 bridgehead atoms. The summed E-state index contributed by atoms with van der Waals surface area (Å²) in [7, 11) is 0. The molecule has 2 nitrogen and oxygen atoms in total. The highest BCUT2D eigenvalue weighted by Crippen LogP contribution is 2.20. The lowest BCUT2D eigenvalue weighted by molar-refractivity contribution is 0.125. The molecule has 0 fully saturated rings. The van der Waals surface area contributed by atoms with Gasteiger partial charge in [0.1, 0.15) is 0 Å². The van der Waals surface area contributed by atoms with Crippen molar-refractivity contribution >= 4 is 11.3 Å². The summed E-state index contributed by atoms with van der Waals surface area (Å²) in [5.74, 6) is 0. The number of thiophene rings is 1. The standard InChI is InChI=1S/C7H11NOS/c1-2-6(8-9)7-4-3-5-10-7/h3-6,8-9H,2H2,1H3/t6-/m1/s1. The molecular formula is C7H11NOS. The largest absolute Gasteiger partial charge is 0.316 e. The molecule has 2 N–H and O–H groups in total. The molecule has 0 amide bonds. The third kappa shape index (κ3) is 1.56. The predicted molar refractivity (Wildman–Crippen MR) is 42.3 cm³/mol. The maximum Gasteiger partial charge on any atom is 0.0659 e. The zero-order chi connectivity index (χ0) is 7.40. The van der Waals surface area contributed by atoms with E-state index in [1.165, 1.54) is 4.88 Å². The Hall–Kier alpha value is -0.380. The minimum Gasteiger partial charge on any atom is -0.316 e. The smallest absolute Gasteiger partial charge is 0.0659 e. The highest BCUT2D eigenvalue weighted by Gasteiger charge is 2.06. The van der Waals surface area contributed by atoms with E-state index in [1.54, 1.807) is 11.3 Å². The van der Waals surface area contributed by atoms with E-state index in [2.05, 4.69) is 5.48 Å². The molecule has 0 aliphatic carbocycles. The number of nitrogens with one attached hydrogen (secondary N) is 1. The zero-order valence-corrected chi connectivity index (χ0v) is 6.69. The van der Waals surface area contributed by atoms with Gasteiger partial charge in [-0.15, -0.1) is 11.3 Å². The molecule has 1 heterocycles. The van der Waals surface area contributed by atoms with E-state index in [9.17, 15) is 0 Å². The minimum atomic E-state index is 0.111. The molecule has 10 heavy (non-hydrogen) atoms. The van der Waals surface area contributed by atoms with Gasteiger partial charge in [0.2, 0.25) is 0 Å². The van der Waals surface area contributed by atoms with Gasteiger partial charge in [0.25, 0.3) is 0 Å². The number of hydroxylamine groups is 1. The molecule has 0 aliphatic rings. The van der Waals surface area contributed by atoms with Gasteiger partial charge < -0.3 is 5.21 Å². The van der Waals surface area contributed by atoms with Crippen LogP contribution in [-0.4, -0.2) is 5.21 Å². The fraction of sp³-hybridized carbons (Fsp3) is 0.429. The van der Waals surface area contributed by atoms with Gasteiger partial charge in [-0.25, -0.2) is 0 Å². The summed E-state index contributed by atoms with van der Waals surface area (Å²) in [6.45, 7) is 2.04. The number of rotatable bonds is 3. The predicted octanol–water partition coefficient (Wildman–Crippen LogP) is 2.18. The van der Waals surface area contributed by atoms with Crippen molar-refractivity contribution in [3.63, 3.8) is 0 Å². The van der Waals surface area contributed by atoms with Gasteiger partial charge >= 0.3 is 0 Å². The van der Waals surface area contributed by atoms with Crippen LogP contribution in [0.4, 0.5) is 0 Å². The Morgan fingerprint density at radius 1 is 1.80 bits per heavy atom. The molecule has 0 aromatic carbocycles. The van der Waals surface area contributed by atoms with E-state index in [0.29, 0.717) is 0 Å². The lowest BCUT2D eigenvalue weighted by atomic mass is 10.2. The van der Waals surface area contributed by atoms with Crippen molar-refractivity contribution in [1.29, 1.82) is 0 Å². The van der Waals surface area contributed by atoms with Crippen molar-refractivity contribution in [3.05, 3.63) is 22.4 Å². The lowest BCUT2D eigenvalue weighted by Crippen LogP contribution is -2.14. The van der Waals surface area contributed by atoms with Crippen molar-refractivity contribution in [3.8, 4) is 0 Å². The first-order chi connectivity index (χ1) is 4.88.